The molecule has 98 valence electrons. The van der Waals surface area contributed by atoms with Crippen molar-refractivity contribution in [1.82, 2.24) is 5.32 Å². The smallest absolute Gasteiger partial charge is 0.169 e. The van der Waals surface area contributed by atoms with Gasteiger partial charge in [-0.15, -0.1) is 0 Å². The summed E-state index contributed by atoms with van der Waals surface area (Å²) in [4.78, 5) is 0. The van der Waals surface area contributed by atoms with Crippen molar-refractivity contribution < 1.29 is 14.6 Å². The first-order chi connectivity index (χ1) is 7.61. The summed E-state index contributed by atoms with van der Waals surface area (Å²) in [5.74, 6) is 0. The molecule has 0 saturated heterocycles. The summed E-state index contributed by atoms with van der Waals surface area (Å²) in [6.07, 6.45) is 0.763. The molecule has 16 heavy (non-hydrogen) atoms. The maximum atomic E-state index is 9.25. The highest BCUT2D eigenvalue weighted by molar-refractivity contribution is 4.74. The van der Waals surface area contributed by atoms with Crippen molar-refractivity contribution in [3.63, 3.8) is 0 Å². The number of hydrogen-bond donors (Lipinski definition) is 2. The summed E-state index contributed by atoms with van der Waals surface area (Å²) in [5.41, 5.74) is -0.0526. The summed E-state index contributed by atoms with van der Waals surface area (Å²) in [6.45, 7) is 11.0. The Morgan fingerprint density at radius 1 is 1.19 bits per heavy atom. The van der Waals surface area contributed by atoms with Crippen molar-refractivity contribution in [2.24, 2.45) is 5.41 Å². The van der Waals surface area contributed by atoms with Crippen LogP contribution in [0.15, 0.2) is 0 Å². The summed E-state index contributed by atoms with van der Waals surface area (Å²) in [6, 6.07) is 0. The number of rotatable bonds is 10. The van der Waals surface area contributed by atoms with Crippen LogP contribution in [0.2, 0.25) is 0 Å². The second-order valence-electron chi connectivity index (χ2n) is 4.29. The molecule has 0 aromatic carbocycles. The second-order valence-corrected chi connectivity index (χ2v) is 4.29. The summed E-state index contributed by atoms with van der Waals surface area (Å²) in [7, 11) is 0. The minimum atomic E-state index is -0.185. The van der Waals surface area contributed by atoms with E-state index in [1.165, 1.54) is 0 Å². The highest BCUT2D eigenvalue weighted by Crippen LogP contribution is 2.18. The average Bonchev–Trinajstić information content (AvgIpc) is 2.29. The second kappa shape index (κ2) is 8.93. The molecule has 2 N–H and O–H groups in total. The lowest BCUT2D eigenvalue weighted by Gasteiger charge is -2.27. The first-order valence-electron chi connectivity index (χ1n) is 6.16. The lowest BCUT2D eigenvalue weighted by atomic mass is 9.89. The molecular weight excluding hydrogens is 206 g/mol. The third-order valence-corrected chi connectivity index (χ3v) is 2.80. The zero-order valence-corrected chi connectivity index (χ0v) is 11.1. The van der Waals surface area contributed by atoms with Gasteiger partial charge >= 0.3 is 0 Å². The summed E-state index contributed by atoms with van der Waals surface area (Å²) in [5, 5.41) is 12.5. The molecule has 0 bridgehead atoms. The van der Waals surface area contributed by atoms with Crippen LogP contribution in [0.3, 0.4) is 0 Å². The first kappa shape index (κ1) is 15.8. The molecule has 0 saturated carbocycles. The van der Waals surface area contributed by atoms with Crippen molar-refractivity contribution in [3.8, 4) is 0 Å². The molecule has 0 radical (unpaired) electrons. The van der Waals surface area contributed by atoms with E-state index in [-0.39, 0.29) is 18.3 Å². The molecular formula is C12H27NO3. The largest absolute Gasteiger partial charge is 0.396 e. The van der Waals surface area contributed by atoms with Crippen molar-refractivity contribution in [1.29, 1.82) is 0 Å². The van der Waals surface area contributed by atoms with Gasteiger partial charge in [0.25, 0.3) is 0 Å². The van der Waals surface area contributed by atoms with E-state index in [1.54, 1.807) is 0 Å². The van der Waals surface area contributed by atoms with Gasteiger partial charge in [-0.2, -0.15) is 0 Å². The Morgan fingerprint density at radius 2 is 1.75 bits per heavy atom. The number of aliphatic hydroxyl groups excluding tert-OH is 1. The lowest BCUT2D eigenvalue weighted by Crippen LogP contribution is -2.39. The molecule has 0 fully saturated rings. The molecule has 0 amide bonds. The molecule has 0 aromatic rings. The van der Waals surface area contributed by atoms with Gasteiger partial charge in [-0.25, -0.2) is 0 Å². The van der Waals surface area contributed by atoms with Crippen LogP contribution in [0, 0.1) is 5.41 Å². The van der Waals surface area contributed by atoms with Crippen molar-refractivity contribution in [2.75, 3.05) is 32.9 Å². The van der Waals surface area contributed by atoms with Gasteiger partial charge in [0.05, 0.1) is 0 Å². The first-order valence-corrected chi connectivity index (χ1v) is 6.16. The van der Waals surface area contributed by atoms with Gasteiger partial charge < -0.3 is 19.9 Å². The quantitative estimate of drug-likeness (QED) is 0.560. The van der Waals surface area contributed by atoms with Crippen LogP contribution >= 0.6 is 0 Å². The van der Waals surface area contributed by atoms with Gasteiger partial charge in [-0.1, -0.05) is 13.8 Å². The van der Waals surface area contributed by atoms with Crippen LogP contribution in [-0.4, -0.2) is 44.3 Å². The summed E-state index contributed by atoms with van der Waals surface area (Å²) < 4.78 is 10.8. The molecule has 0 aromatic heterocycles. The fourth-order valence-electron chi connectivity index (χ4n) is 1.32. The van der Waals surface area contributed by atoms with Gasteiger partial charge in [-0.05, 0) is 20.3 Å². The zero-order chi connectivity index (χ0) is 12.4. The topological polar surface area (TPSA) is 50.7 Å². The van der Waals surface area contributed by atoms with E-state index in [0.29, 0.717) is 19.8 Å². The maximum absolute atomic E-state index is 9.25. The SMILES string of the molecule is CCOC(CNCC(C)(CC)CO)OCC. The van der Waals surface area contributed by atoms with Crippen LogP contribution < -0.4 is 5.32 Å². The number of hydrogen-bond acceptors (Lipinski definition) is 4. The Hall–Kier alpha value is -0.160. The van der Waals surface area contributed by atoms with Crippen LogP contribution in [-0.2, 0) is 9.47 Å². The normalized spacial score (nSPS) is 15.4. The minimum Gasteiger partial charge on any atom is -0.396 e. The fourth-order valence-corrected chi connectivity index (χ4v) is 1.32. The molecule has 0 rings (SSSR count). The van der Waals surface area contributed by atoms with Gasteiger partial charge in [-0.3, -0.25) is 0 Å². The van der Waals surface area contributed by atoms with E-state index in [4.69, 9.17) is 9.47 Å². The third-order valence-electron chi connectivity index (χ3n) is 2.80. The molecule has 0 aliphatic heterocycles. The third kappa shape index (κ3) is 6.43. The molecule has 1 atom stereocenters. The molecule has 0 aliphatic carbocycles. The lowest BCUT2D eigenvalue weighted by molar-refractivity contribution is -0.133. The Bertz CT molecular complexity index is 154. The van der Waals surface area contributed by atoms with Crippen molar-refractivity contribution >= 4 is 0 Å². The van der Waals surface area contributed by atoms with E-state index in [1.807, 2.05) is 13.8 Å². The Labute approximate surface area is 99.3 Å². The van der Waals surface area contributed by atoms with Crippen LogP contribution in [0.5, 0.6) is 0 Å². The molecule has 0 heterocycles. The standard InChI is InChI=1S/C12H27NO3/c1-5-12(4,10-14)9-13-8-11(15-6-2)16-7-3/h11,13-14H,5-10H2,1-4H3. The predicted molar refractivity (Wildman–Crippen MR) is 65.4 cm³/mol. The average molecular weight is 233 g/mol. The van der Waals surface area contributed by atoms with Gasteiger partial charge in [0.15, 0.2) is 6.29 Å². The Balaban J connectivity index is 3.83. The Morgan fingerprint density at radius 3 is 2.12 bits per heavy atom. The van der Waals surface area contributed by atoms with Gasteiger partial charge in [0.2, 0.25) is 0 Å². The maximum Gasteiger partial charge on any atom is 0.169 e. The van der Waals surface area contributed by atoms with Gasteiger partial charge in [0, 0.05) is 38.3 Å². The van der Waals surface area contributed by atoms with Gasteiger partial charge in [0.1, 0.15) is 0 Å². The van der Waals surface area contributed by atoms with E-state index in [0.717, 1.165) is 13.0 Å². The van der Waals surface area contributed by atoms with E-state index < -0.39 is 0 Å². The Kier molecular flexibility index (Phi) is 8.84. The highest BCUT2D eigenvalue weighted by atomic mass is 16.7. The van der Waals surface area contributed by atoms with Crippen LogP contribution in [0.4, 0.5) is 0 Å². The highest BCUT2D eigenvalue weighted by Gasteiger charge is 2.21. The van der Waals surface area contributed by atoms with Crippen molar-refractivity contribution in [3.05, 3.63) is 0 Å². The molecule has 0 aliphatic rings. The summed E-state index contributed by atoms with van der Waals surface area (Å²) >= 11 is 0. The number of aliphatic hydroxyl groups is 1. The van der Waals surface area contributed by atoms with E-state index >= 15 is 0 Å². The molecule has 0 spiro atoms. The number of nitrogens with one attached hydrogen (secondary N) is 1. The molecule has 4 heteroatoms. The predicted octanol–water partition coefficient (Wildman–Crippen LogP) is 1.38. The van der Waals surface area contributed by atoms with E-state index in [2.05, 4.69) is 19.2 Å². The van der Waals surface area contributed by atoms with E-state index in [9.17, 15) is 5.11 Å². The fraction of sp³-hybridized carbons (Fsp3) is 1.00. The zero-order valence-electron chi connectivity index (χ0n) is 11.1. The molecule has 1 unspecified atom stereocenters. The van der Waals surface area contributed by atoms with Crippen molar-refractivity contribution in [2.45, 2.75) is 40.4 Å². The van der Waals surface area contributed by atoms with Crippen LogP contribution in [0.1, 0.15) is 34.1 Å². The monoisotopic (exact) mass is 233 g/mol. The van der Waals surface area contributed by atoms with Crippen LogP contribution in [0.25, 0.3) is 0 Å². The number of ether oxygens (including phenoxy) is 2. The molecule has 4 nitrogen and oxygen atoms in total. The minimum absolute atomic E-state index is 0.0526.